The lowest BCUT2D eigenvalue weighted by molar-refractivity contribution is -0.108. The number of nitrogens with zero attached hydrogens (tertiary/aromatic N) is 1. The Hall–Kier alpha value is -2.16. The quantitative estimate of drug-likeness (QED) is 0.766. The predicted molar refractivity (Wildman–Crippen MR) is 60.0 cm³/mol. The average molecular weight is 198 g/mol. The van der Waals surface area contributed by atoms with Crippen molar-refractivity contribution < 1.29 is 4.79 Å². The molecule has 0 bridgehead atoms. The minimum absolute atomic E-state index is 0.587. The van der Waals surface area contributed by atoms with Gasteiger partial charge in [-0.25, -0.2) is 0 Å². The molecule has 1 amide bonds. The van der Waals surface area contributed by atoms with Crippen molar-refractivity contribution in [2.45, 2.75) is 0 Å². The van der Waals surface area contributed by atoms with E-state index in [-0.39, 0.29) is 0 Å². The van der Waals surface area contributed by atoms with E-state index in [9.17, 15) is 4.79 Å². The highest BCUT2D eigenvalue weighted by Crippen LogP contribution is 2.20. The Balaban J connectivity index is 2.60. The molecule has 0 aliphatic rings. The fraction of sp³-hybridized carbons (Fsp3) is 0. The van der Waals surface area contributed by atoms with Gasteiger partial charge in [0.05, 0.1) is 5.52 Å². The molecule has 0 saturated heterocycles. The lowest BCUT2D eigenvalue weighted by Crippen LogP contribution is -2.08. The highest BCUT2D eigenvalue weighted by atomic mass is 16.1. The molecule has 1 heterocycles. The Kier molecular flexibility index (Phi) is 2.46. The van der Waals surface area contributed by atoms with Gasteiger partial charge in [0, 0.05) is 22.8 Å². The van der Waals surface area contributed by atoms with Crippen LogP contribution in [0.1, 0.15) is 5.56 Å². The first-order chi connectivity index (χ1) is 7.33. The second-order valence-electron chi connectivity index (χ2n) is 3.12. The van der Waals surface area contributed by atoms with E-state index >= 15 is 0 Å². The summed E-state index contributed by atoms with van der Waals surface area (Å²) in [5, 5.41) is 3.54. The van der Waals surface area contributed by atoms with E-state index in [4.69, 9.17) is 0 Å². The number of hydrogen-bond acceptors (Lipinski definition) is 2. The number of carbonyl (C=O) groups is 1. The van der Waals surface area contributed by atoms with Crippen LogP contribution in [0.3, 0.4) is 0 Å². The molecule has 0 atom stereocenters. The van der Waals surface area contributed by atoms with Crippen molar-refractivity contribution in [1.82, 2.24) is 10.3 Å². The summed E-state index contributed by atoms with van der Waals surface area (Å²) >= 11 is 0. The zero-order valence-electron chi connectivity index (χ0n) is 8.10. The van der Waals surface area contributed by atoms with Gasteiger partial charge in [0.1, 0.15) is 0 Å². The summed E-state index contributed by atoms with van der Waals surface area (Å²) in [4.78, 5) is 14.6. The molecule has 74 valence electrons. The van der Waals surface area contributed by atoms with E-state index in [0.29, 0.717) is 12.1 Å². The summed E-state index contributed by atoms with van der Waals surface area (Å²) in [7, 11) is 0. The van der Waals surface area contributed by atoms with Crippen LogP contribution in [0.15, 0.2) is 43.1 Å². The van der Waals surface area contributed by atoms with Gasteiger partial charge in [-0.1, -0.05) is 24.8 Å². The van der Waals surface area contributed by atoms with Crippen LogP contribution in [0.25, 0.3) is 16.6 Å². The Morgan fingerprint density at radius 2 is 2.13 bits per heavy atom. The van der Waals surface area contributed by atoms with Gasteiger partial charge in [0.25, 0.3) is 0 Å². The maximum Gasteiger partial charge on any atom is 0.211 e. The van der Waals surface area contributed by atoms with Crippen LogP contribution in [-0.2, 0) is 4.79 Å². The summed E-state index contributed by atoms with van der Waals surface area (Å²) in [6, 6.07) is 9.57. The topological polar surface area (TPSA) is 42.0 Å². The van der Waals surface area contributed by atoms with E-state index in [1.54, 1.807) is 6.20 Å². The highest BCUT2D eigenvalue weighted by Gasteiger charge is 2.03. The second-order valence-corrected chi connectivity index (χ2v) is 3.12. The smallest absolute Gasteiger partial charge is 0.211 e. The Bertz CT molecular complexity index is 515. The third-order valence-electron chi connectivity index (χ3n) is 2.21. The molecule has 0 saturated carbocycles. The molecular formula is C12H10N2O. The molecule has 0 spiro atoms. The molecule has 1 N–H and O–H groups in total. The Morgan fingerprint density at radius 3 is 2.93 bits per heavy atom. The van der Waals surface area contributed by atoms with Gasteiger partial charge in [-0.3, -0.25) is 9.78 Å². The lowest BCUT2D eigenvalue weighted by atomic mass is 10.1. The summed E-state index contributed by atoms with van der Waals surface area (Å²) in [5.41, 5.74) is 2.38. The van der Waals surface area contributed by atoms with Crippen LogP contribution in [0, 0.1) is 0 Å². The molecular weight excluding hydrogens is 188 g/mol. The van der Waals surface area contributed by atoms with E-state index in [2.05, 4.69) is 16.9 Å². The van der Waals surface area contributed by atoms with E-state index in [0.717, 1.165) is 16.5 Å². The van der Waals surface area contributed by atoms with Crippen LogP contribution in [0.2, 0.25) is 0 Å². The molecule has 0 radical (unpaired) electrons. The summed E-state index contributed by atoms with van der Waals surface area (Å²) in [6.07, 6.45) is 2.33. The number of fused-ring (bicyclic) bond motifs is 1. The van der Waals surface area contributed by atoms with Gasteiger partial charge in [-0.05, 0) is 12.1 Å². The van der Waals surface area contributed by atoms with Crippen molar-refractivity contribution in [3.8, 4) is 0 Å². The van der Waals surface area contributed by atoms with Gasteiger partial charge in [-0.2, -0.15) is 0 Å². The number of rotatable bonds is 3. The van der Waals surface area contributed by atoms with Gasteiger partial charge in [0.15, 0.2) is 0 Å². The SMILES string of the molecule is C=C(NC=O)c1ccnc2ccccc12. The van der Waals surface area contributed by atoms with Crippen molar-refractivity contribution in [2.75, 3.05) is 0 Å². The summed E-state index contributed by atoms with van der Waals surface area (Å²) < 4.78 is 0. The van der Waals surface area contributed by atoms with E-state index < -0.39 is 0 Å². The first-order valence-corrected chi connectivity index (χ1v) is 4.56. The maximum atomic E-state index is 10.3. The minimum Gasteiger partial charge on any atom is -0.329 e. The van der Waals surface area contributed by atoms with Crippen LogP contribution in [0.4, 0.5) is 0 Å². The Labute approximate surface area is 87.4 Å². The molecule has 0 unspecified atom stereocenters. The van der Waals surface area contributed by atoms with Crippen LogP contribution in [0.5, 0.6) is 0 Å². The molecule has 1 aromatic carbocycles. The number of para-hydroxylation sites is 1. The zero-order chi connectivity index (χ0) is 10.7. The molecule has 0 aliphatic carbocycles. The molecule has 0 fully saturated rings. The lowest BCUT2D eigenvalue weighted by Gasteiger charge is -2.07. The average Bonchev–Trinajstić information content (AvgIpc) is 2.28. The van der Waals surface area contributed by atoms with Crippen molar-refractivity contribution >= 4 is 23.0 Å². The number of benzene rings is 1. The third kappa shape index (κ3) is 1.72. The number of nitrogens with one attached hydrogen (secondary N) is 1. The largest absolute Gasteiger partial charge is 0.329 e. The van der Waals surface area contributed by atoms with Crippen LogP contribution < -0.4 is 5.32 Å². The molecule has 1 aromatic heterocycles. The maximum absolute atomic E-state index is 10.3. The van der Waals surface area contributed by atoms with Crippen molar-refractivity contribution in [3.63, 3.8) is 0 Å². The molecule has 15 heavy (non-hydrogen) atoms. The van der Waals surface area contributed by atoms with Crippen molar-refractivity contribution in [2.24, 2.45) is 0 Å². The fourth-order valence-corrected chi connectivity index (χ4v) is 1.51. The first kappa shape index (κ1) is 9.40. The molecule has 3 heteroatoms. The molecule has 0 aliphatic heterocycles. The van der Waals surface area contributed by atoms with Crippen LogP contribution in [-0.4, -0.2) is 11.4 Å². The Morgan fingerprint density at radius 1 is 1.33 bits per heavy atom. The highest BCUT2D eigenvalue weighted by molar-refractivity contribution is 5.92. The molecule has 2 aromatic rings. The normalized spacial score (nSPS) is 9.87. The monoisotopic (exact) mass is 198 g/mol. The zero-order valence-corrected chi connectivity index (χ0v) is 8.10. The summed E-state index contributed by atoms with van der Waals surface area (Å²) in [5.74, 6) is 0. The number of carbonyl (C=O) groups excluding carboxylic acids is 1. The number of pyridine rings is 1. The van der Waals surface area contributed by atoms with Gasteiger partial charge >= 0.3 is 0 Å². The summed E-state index contributed by atoms with van der Waals surface area (Å²) in [6.45, 7) is 3.79. The first-order valence-electron chi connectivity index (χ1n) is 4.56. The second kappa shape index (κ2) is 3.92. The number of hydrogen-bond donors (Lipinski definition) is 1. The fourth-order valence-electron chi connectivity index (χ4n) is 1.51. The van der Waals surface area contributed by atoms with Crippen LogP contribution >= 0.6 is 0 Å². The van der Waals surface area contributed by atoms with Gasteiger partial charge in [0.2, 0.25) is 6.41 Å². The number of aromatic nitrogens is 1. The standard InChI is InChI=1S/C12H10N2O/c1-9(14-8-15)10-6-7-13-12-5-3-2-4-11(10)12/h2-8H,1H2,(H,14,15). The van der Waals surface area contributed by atoms with Crippen molar-refractivity contribution in [3.05, 3.63) is 48.7 Å². The minimum atomic E-state index is 0.587. The predicted octanol–water partition coefficient (Wildman–Crippen LogP) is 1.95. The van der Waals surface area contributed by atoms with Gasteiger partial charge < -0.3 is 5.32 Å². The molecule has 3 nitrogen and oxygen atoms in total. The number of amides is 1. The van der Waals surface area contributed by atoms with Gasteiger partial charge in [-0.15, -0.1) is 0 Å². The van der Waals surface area contributed by atoms with Crippen molar-refractivity contribution in [1.29, 1.82) is 0 Å². The third-order valence-corrected chi connectivity index (χ3v) is 2.21. The molecule has 2 rings (SSSR count). The van der Waals surface area contributed by atoms with E-state index in [1.165, 1.54) is 0 Å². The van der Waals surface area contributed by atoms with E-state index in [1.807, 2.05) is 30.3 Å².